The number of nitrogens with zero attached hydrogens (tertiary/aromatic N) is 18. The van der Waals surface area contributed by atoms with Crippen LogP contribution in [-0.2, 0) is 32.5 Å². The molecule has 0 unspecified atom stereocenters. The lowest BCUT2D eigenvalue weighted by molar-refractivity contribution is 0.139. The molecule has 12 aromatic rings. The Morgan fingerprint density at radius 1 is 0.370 bits per heavy atom. The van der Waals surface area contributed by atoms with Gasteiger partial charge in [0.1, 0.15) is 24.3 Å². The molecule has 0 fully saturated rings. The number of pyridine rings is 6. The maximum atomic E-state index is 12.6. The van der Waals surface area contributed by atoms with Crippen LogP contribution in [0.3, 0.4) is 0 Å². The molecule has 0 aliphatic carbocycles. The summed E-state index contributed by atoms with van der Waals surface area (Å²) in [6.45, 7) is 38.5. The monoisotopic (exact) mass is 1100 g/mol. The third kappa shape index (κ3) is 14.9. The highest BCUT2D eigenvalue weighted by Crippen LogP contribution is 2.27. The van der Waals surface area contributed by atoms with Crippen molar-refractivity contribution in [1.82, 2.24) is 87.8 Å². The minimum Gasteiger partial charge on any atom is -0.289 e. The molecule has 0 saturated heterocycles. The van der Waals surface area contributed by atoms with Crippen molar-refractivity contribution in [3.63, 3.8) is 0 Å². The summed E-state index contributed by atoms with van der Waals surface area (Å²) < 4.78 is 36.5. The topological polar surface area (TPSA) is 181 Å². The van der Waals surface area contributed by atoms with Crippen LogP contribution in [0, 0.1) is 0 Å². The highest BCUT2D eigenvalue weighted by Gasteiger charge is 2.24. The van der Waals surface area contributed by atoms with Crippen molar-refractivity contribution in [2.75, 3.05) is 0 Å². The molecule has 12 rings (SSSR count). The summed E-state index contributed by atoms with van der Waals surface area (Å²) in [4.78, 5) is 0. The van der Waals surface area contributed by atoms with Gasteiger partial charge < -0.3 is 0 Å². The first kappa shape index (κ1) is 60.2. The number of hydrogen-bond donors (Lipinski definition) is 0. The van der Waals surface area contributed by atoms with Gasteiger partial charge in [-0.3, -0.25) is 22.0 Å². The van der Waals surface area contributed by atoms with Crippen molar-refractivity contribution in [3.05, 3.63) is 181 Å². The van der Waals surface area contributed by atoms with Gasteiger partial charge in [0.25, 0.3) is 6.43 Å². The highest BCUT2D eigenvalue weighted by atomic mass is 19.3. The molecule has 426 valence electrons. The molecule has 0 aromatic carbocycles. The molecule has 0 atom stereocenters. The average molecular weight is 1100 g/mol. The van der Waals surface area contributed by atoms with E-state index < -0.39 is 6.43 Å². The van der Waals surface area contributed by atoms with E-state index in [1.54, 1.807) is 29.4 Å². The molecule has 0 amide bonds. The molecular formula is C61H78F2N18. The Hall–Kier alpha value is -8.42. The molecule has 0 bridgehead atoms. The number of alkyl halides is 2. The Morgan fingerprint density at radius 2 is 0.852 bits per heavy atom. The predicted molar refractivity (Wildman–Crippen MR) is 315 cm³/mol. The first-order valence-electron chi connectivity index (χ1n) is 27.0. The molecular weight excluding hydrogens is 1020 g/mol. The Bertz CT molecular complexity index is 3750. The van der Waals surface area contributed by atoms with Crippen LogP contribution in [0.15, 0.2) is 141 Å². The molecule has 12 aromatic heterocycles. The van der Waals surface area contributed by atoms with E-state index in [1.807, 2.05) is 136 Å². The summed E-state index contributed by atoms with van der Waals surface area (Å²) >= 11 is 0. The molecule has 0 aliphatic rings. The van der Waals surface area contributed by atoms with Gasteiger partial charge in [-0.15, -0.1) is 56.1 Å². The average Bonchev–Trinajstić information content (AvgIpc) is 4.46. The summed E-state index contributed by atoms with van der Waals surface area (Å²) in [5.41, 5.74) is 10.1. The van der Waals surface area contributed by atoms with E-state index in [2.05, 4.69) is 183 Å². The molecule has 0 N–H and O–H groups in total. The predicted octanol–water partition coefficient (Wildman–Crippen LogP) is 13.1. The van der Waals surface area contributed by atoms with E-state index >= 15 is 0 Å². The maximum absolute atomic E-state index is 12.6. The van der Waals surface area contributed by atoms with Crippen molar-refractivity contribution >= 4 is 33.8 Å². The highest BCUT2D eigenvalue weighted by molar-refractivity contribution is 5.53. The molecule has 12 heterocycles. The van der Waals surface area contributed by atoms with Gasteiger partial charge >= 0.3 is 0 Å². The van der Waals surface area contributed by atoms with Gasteiger partial charge in [0.2, 0.25) is 5.82 Å². The Labute approximate surface area is 472 Å². The van der Waals surface area contributed by atoms with Crippen LogP contribution in [0.5, 0.6) is 0 Å². The molecule has 0 saturated carbocycles. The van der Waals surface area contributed by atoms with E-state index in [4.69, 9.17) is 0 Å². The second kappa shape index (κ2) is 23.7. The summed E-state index contributed by atoms with van der Waals surface area (Å²) in [5, 5.41) is 47.7. The number of hydrogen-bond acceptors (Lipinski definition) is 12. The molecule has 81 heavy (non-hydrogen) atoms. The standard InChI is InChI=1S/C11H13F2N3.5C10H13N3/c1-11(2,3)7-4-5-8-14-15-10(9(12)13)16(8)6-7;1-10(2,3)8-4-5-9-12-11-7-13(9)6-8;1-10(2,3)8-5-4-6-9-12-11-7-13(8)9;2*1-10(2,3)9-12-11-8-6-4-5-7-13(8)9;1-10(2,3)9-8-6-4-5-7-13(8)12-11-9/h4-6,9H,1-3H3;5*4-7H,1-3H3. The zero-order valence-corrected chi connectivity index (χ0v) is 50.2. The van der Waals surface area contributed by atoms with Crippen molar-refractivity contribution in [1.29, 1.82) is 0 Å². The Kier molecular flexibility index (Phi) is 17.6. The summed E-state index contributed by atoms with van der Waals surface area (Å²) in [6, 6.07) is 31.6. The Morgan fingerprint density at radius 3 is 1.40 bits per heavy atom. The van der Waals surface area contributed by atoms with Crippen LogP contribution < -0.4 is 0 Å². The van der Waals surface area contributed by atoms with Crippen LogP contribution in [-0.4, -0.2) is 87.8 Å². The summed E-state index contributed by atoms with van der Waals surface area (Å²) in [7, 11) is 0. The van der Waals surface area contributed by atoms with Crippen LogP contribution in [0.25, 0.3) is 33.8 Å². The van der Waals surface area contributed by atoms with Crippen LogP contribution >= 0.6 is 0 Å². The van der Waals surface area contributed by atoms with E-state index in [0.29, 0.717) is 5.65 Å². The minimum absolute atomic E-state index is 0.0424. The lowest BCUT2D eigenvalue weighted by Gasteiger charge is -2.19. The van der Waals surface area contributed by atoms with E-state index in [-0.39, 0.29) is 38.3 Å². The molecule has 20 heteroatoms. The number of aromatic nitrogens is 18. The van der Waals surface area contributed by atoms with Crippen molar-refractivity contribution < 1.29 is 8.78 Å². The minimum atomic E-state index is -2.61. The molecule has 0 aliphatic heterocycles. The third-order valence-electron chi connectivity index (χ3n) is 12.8. The SMILES string of the molecule is CC(C)(C)c1ccc2nnc(C(F)F)n2c1.CC(C)(C)c1ccc2nncn2c1.CC(C)(C)c1cccc2nncn12.CC(C)(C)c1nnc2ccccn12.CC(C)(C)c1nnc2ccccn12.CC(C)(C)c1nnn2ccccc12. The number of fused-ring (bicyclic) bond motifs is 6. The normalized spacial score (nSPS) is 12.3. The lowest BCUT2D eigenvalue weighted by Crippen LogP contribution is -2.15. The summed E-state index contributed by atoms with van der Waals surface area (Å²) in [5.74, 6) is 1.70. The zero-order valence-electron chi connectivity index (χ0n) is 50.2. The molecule has 18 nitrogen and oxygen atoms in total. The second-order valence-electron chi connectivity index (χ2n) is 25.9. The van der Waals surface area contributed by atoms with Crippen LogP contribution in [0.4, 0.5) is 8.78 Å². The van der Waals surface area contributed by atoms with E-state index in [9.17, 15) is 8.78 Å². The second-order valence-corrected chi connectivity index (χ2v) is 25.9. The smallest absolute Gasteiger partial charge is 0.289 e. The van der Waals surface area contributed by atoms with Crippen LogP contribution in [0.1, 0.15) is 171 Å². The van der Waals surface area contributed by atoms with Gasteiger partial charge in [-0.25, -0.2) is 13.3 Å². The van der Waals surface area contributed by atoms with Gasteiger partial charge in [0.15, 0.2) is 28.2 Å². The van der Waals surface area contributed by atoms with Crippen LogP contribution in [0.2, 0.25) is 0 Å². The van der Waals surface area contributed by atoms with Gasteiger partial charge in [-0.05, 0) is 82.6 Å². The number of halogens is 2. The van der Waals surface area contributed by atoms with Crippen molar-refractivity contribution in [2.45, 2.75) is 164 Å². The lowest BCUT2D eigenvalue weighted by atomic mass is 9.88. The van der Waals surface area contributed by atoms with Gasteiger partial charge in [-0.1, -0.05) is 166 Å². The summed E-state index contributed by atoms with van der Waals surface area (Å²) in [6.07, 6.45) is 10.5. The van der Waals surface area contributed by atoms with Crippen molar-refractivity contribution in [2.24, 2.45) is 0 Å². The van der Waals surface area contributed by atoms with Crippen molar-refractivity contribution in [3.8, 4) is 0 Å². The van der Waals surface area contributed by atoms with Gasteiger partial charge in [0.05, 0.1) is 11.2 Å². The number of rotatable bonds is 1. The Balaban J connectivity index is 0.000000140. The first-order valence-corrected chi connectivity index (χ1v) is 27.0. The van der Waals surface area contributed by atoms with E-state index in [0.717, 1.165) is 51.0 Å². The van der Waals surface area contributed by atoms with Gasteiger partial charge in [0, 0.05) is 58.3 Å². The fraction of sp³-hybridized carbons (Fsp3) is 0.410. The molecule has 0 spiro atoms. The molecule has 0 radical (unpaired) electrons. The zero-order chi connectivity index (χ0) is 59.3. The maximum Gasteiger partial charge on any atom is 0.297 e. The fourth-order valence-electron chi connectivity index (χ4n) is 8.32. The third-order valence-corrected chi connectivity index (χ3v) is 12.8. The first-order chi connectivity index (χ1) is 37.8. The largest absolute Gasteiger partial charge is 0.297 e. The van der Waals surface area contributed by atoms with Gasteiger partial charge in [-0.2, -0.15) is 0 Å². The quantitative estimate of drug-likeness (QED) is 0.152. The van der Waals surface area contributed by atoms with E-state index in [1.165, 1.54) is 15.7 Å². The fourth-order valence-corrected chi connectivity index (χ4v) is 8.32.